The molecule has 1 aliphatic rings. The van der Waals surface area contributed by atoms with Crippen LogP contribution in [-0.4, -0.2) is 47.4 Å². The van der Waals surface area contributed by atoms with Gasteiger partial charge in [0.15, 0.2) is 5.66 Å². The van der Waals surface area contributed by atoms with Crippen LogP contribution in [0.5, 0.6) is 0 Å². The van der Waals surface area contributed by atoms with Gasteiger partial charge in [-0.3, -0.25) is 14.4 Å². The second-order valence-electron chi connectivity index (χ2n) is 6.77. The fourth-order valence-electron chi connectivity index (χ4n) is 3.15. The SMILES string of the molecule is CCC(N)(NC(=O)[C@@H]1CCCN1C(=O)CCN)C(=O)NCc1ccccc1. The van der Waals surface area contributed by atoms with Crippen molar-refractivity contribution in [2.75, 3.05) is 13.1 Å². The molecule has 0 bridgehead atoms. The van der Waals surface area contributed by atoms with Crippen LogP contribution in [0.1, 0.15) is 38.2 Å². The van der Waals surface area contributed by atoms with Gasteiger partial charge in [0, 0.05) is 26.1 Å². The van der Waals surface area contributed by atoms with Crippen molar-refractivity contribution in [1.29, 1.82) is 0 Å². The van der Waals surface area contributed by atoms with Crippen molar-refractivity contribution >= 4 is 17.7 Å². The van der Waals surface area contributed by atoms with Gasteiger partial charge in [-0.25, -0.2) is 0 Å². The summed E-state index contributed by atoms with van der Waals surface area (Å²) in [5.41, 5.74) is 11.0. The Morgan fingerprint density at radius 1 is 1.26 bits per heavy atom. The zero-order chi connectivity index (χ0) is 19.9. The van der Waals surface area contributed by atoms with E-state index in [9.17, 15) is 14.4 Å². The fourth-order valence-corrected chi connectivity index (χ4v) is 3.15. The van der Waals surface area contributed by atoms with Gasteiger partial charge in [0.2, 0.25) is 11.8 Å². The number of carbonyl (C=O) groups is 3. The molecule has 6 N–H and O–H groups in total. The summed E-state index contributed by atoms with van der Waals surface area (Å²) in [6.07, 6.45) is 1.71. The number of likely N-dealkylation sites (tertiary alicyclic amines) is 1. The Morgan fingerprint density at radius 2 is 1.96 bits per heavy atom. The zero-order valence-electron chi connectivity index (χ0n) is 15.7. The molecule has 0 aromatic heterocycles. The third-order valence-corrected chi connectivity index (χ3v) is 4.84. The Labute approximate surface area is 159 Å². The lowest BCUT2D eigenvalue weighted by Crippen LogP contribution is -2.66. The molecule has 27 heavy (non-hydrogen) atoms. The number of nitrogens with zero attached hydrogens (tertiary/aromatic N) is 1. The molecule has 0 saturated carbocycles. The van der Waals surface area contributed by atoms with E-state index in [1.165, 1.54) is 4.90 Å². The maximum Gasteiger partial charge on any atom is 0.260 e. The predicted octanol–water partition coefficient (Wildman–Crippen LogP) is -0.176. The zero-order valence-corrected chi connectivity index (χ0v) is 15.7. The number of hydrogen-bond acceptors (Lipinski definition) is 5. The number of nitrogens with one attached hydrogen (secondary N) is 2. The normalized spacial score (nSPS) is 18.6. The minimum atomic E-state index is -1.53. The average Bonchev–Trinajstić information content (AvgIpc) is 3.17. The molecular weight excluding hydrogens is 346 g/mol. The van der Waals surface area contributed by atoms with Gasteiger partial charge in [-0.05, 0) is 24.8 Å². The summed E-state index contributed by atoms with van der Waals surface area (Å²) in [6, 6.07) is 8.83. The van der Waals surface area contributed by atoms with Gasteiger partial charge in [-0.1, -0.05) is 37.3 Å². The van der Waals surface area contributed by atoms with Gasteiger partial charge < -0.3 is 27.0 Å². The first-order chi connectivity index (χ1) is 12.9. The maximum atomic E-state index is 12.7. The first-order valence-corrected chi connectivity index (χ1v) is 9.34. The van der Waals surface area contributed by atoms with Gasteiger partial charge in [-0.15, -0.1) is 0 Å². The smallest absolute Gasteiger partial charge is 0.260 e. The largest absolute Gasteiger partial charge is 0.349 e. The third-order valence-electron chi connectivity index (χ3n) is 4.84. The molecule has 1 heterocycles. The first kappa shape index (κ1) is 20.9. The number of rotatable bonds is 8. The Morgan fingerprint density at radius 3 is 2.59 bits per heavy atom. The van der Waals surface area contributed by atoms with E-state index in [-0.39, 0.29) is 25.3 Å². The van der Waals surface area contributed by atoms with Gasteiger partial charge in [-0.2, -0.15) is 0 Å². The van der Waals surface area contributed by atoms with Crippen molar-refractivity contribution < 1.29 is 14.4 Å². The highest BCUT2D eigenvalue weighted by Crippen LogP contribution is 2.19. The van der Waals surface area contributed by atoms with Crippen molar-refractivity contribution in [2.24, 2.45) is 11.5 Å². The molecule has 0 spiro atoms. The highest BCUT2D eigenvalue weighted by atomic mass is 16.2. The van der Waals surface area contributed by atoms with Gasteiger partial charge in [0.1, 0.15) is 6.04 Å². The summed E-state index contributed by atoms with van der Waals surface area (Å²) in [6.45, 7) is 2.80. The predicted molar refractivity (Wildman–Crippen MR) is 102 cm³/mol. The Balaban J connectivity index is 1.99. The van der Waals surface area contributed by atoms with Crippen LogP contribution in [0.15, 0.2) is 30.3 Å². The molecule has 2 atom stereocenters. The number of carbonyl (C=O) groups excluding carboxylic acids is 3. The lowest BCUT2D eigenvalue weighted by atomic mass is 10.1. The average molecular weight is 375 g/mol. The lowest BCUT2D eigenvalue weighted by Gasteiger charge is -2.31. The van der Waals surface area contributed by atoms with Gasteiger partial charge in [0.25, 0.3) is 5.91 Å². The summed E-state index contributed by atoms with van der Waals surface area (Å²) in [5, 5.41) is 5.41. The van der Waals surface area contributed by atoms with Gasteiger partial charge in [0.05, 0.1) is 0 Å². The molecular formula is C19H29N5O3. The van der Waals surface area contributed by atoms with Crippen molar-refractivity contribution in [3.05, 3.63) is 35.9 Å². The van der Waals surface area contributed by atoms with E-state index < -0.39 is 23.5 Å². The molecule has 1 aromatic rings. The van der Waals surface area contributed by atoms with E-state index in [4.69, 9.17) is 11.5 Å². The first-order valence-electron chi connectivity index (χ1n) is 9.34. The summed E-state index contributed by atoms with van der Waals surface area (Å²) in [7, 11) is 0. The van der Waals surface area contributed by atoms with Crippen LogP contribution in [0, 0.1) is 0 Å². The van der Waals surface area contributed by atoms with E-state index >= 15 is 0 Å². The summed E-state index contributed by atoms with van der Waals surface area (Å²) < 4.78 is 0. The lowest BCUT2D eigenvalue weighted by molar-refractivity contribution is -0.141. The second-order valence-corrected chi connectivity index (χ2v) is 6.77. The Kier molecular flexibility index (Phi) is 7.32. The number of benzene rings is 1. The van der Waals surface area contributed by atoms with Crippen molar-refractivity contribution in [2.45, 2.75) is 50.9 Å². The highest BCUT2D eigenvalue weighted by Gasteiger charge is 2.39. The van der Waals surface area contributed by atoms with E-state index in [2.05, 4.69) is 10.6 Å². The van der Waals surface area contributed by atoms with E-state index in [0.717, 1.165) is 12.0 Å². The molecule has 0 radical (unpaired) electrons. The van der Waals surface area contributed by atoms with Crippen LogP contribution in [0.3, 0.4) is 0 Å². The van der Waals surface area contributed by atoms with Crippen molar-refractivity contribution in [1.82, 2.24) is 15.5 Å². The molecule has 8 heteroatoms. The number of nitrogens with two attached hydrogens (primary N) is 2. The van der Waals surface area contributed by atoms with Crippen LogP contribution >= 0.6 is 0 Å². The van der Waals surface area contributed by atoms with Crippen LogP contribution in [0.25, 0.3) is 0 Å². The number of amides is 3. The van der Waals surface area contributed by atoms with Crippen LogP contribution in [0.4, 0.5) is 0 Å². The molecule has 148 valence electrons. The molecule has 1 fully saturated rings. The quantitative estimate of drug-likeness (QED) is 0.468. The minimum Gasteiger partial charge on any atom is -0.349 e. The number of hydrogen-bond donors (Lipinski definition) is 4. The Bertz CT molecular complexity index is 667. The second kappa shape index (κ2) is 9.48. The topological polar surface area (TPSA) is 131 Å². The molecule has 2 rings (SSSR count). The van der Waals surface area contributed by atoms with Crippen molar-refractivity contribution in [3.63, 3.8) is 0 Å². The molecule has 1 aliphatic heterocycles. The van der Waals surface area contributed by atoms with E-state index in [1.54, 1.807) is 6.92 Å². The molecule has 1 aromatic carbocycles. The maximum absolute atomic E-state index is 12.7. The summed E-state index contributed by atoms with van der Waals surface area (Å²) in [4.78, 5) is 39.0. The molecule has 1 saturated heterocycles. The van der Waals surface area contributed by atoms with Crippen LogP contribution in [-0.2, 0) is 20.9 Å². The van der Waals surface area contributed by atoms with E-state index in [0.29, 0.717) is 19.5 Å². The molecule has 8 nitrogen and oxygen atoms in total. The molecule has 3 amide bonds. The van der Waals surface area contributed by atoms with Crippen LogP contribution < -0.4 is 22.1 Å². The van der Waals surface area contributed by atoms with Crippen molar-refractivity contribution in [3.8, 4) is 0 Å². The fraction of sp³-hybridized carbons (Fsp3) is 0.526. The summed E-state index contributed by atoms with van der Waals surface area (Å²) >= 11 is 0. The third kappa shape index (κ3) is 5.27. The standard InChI is InChI=1S/C19H29N5O3/c1-2-19(21,18(27)22-13-14-7-4-3-5-8-14)23-17(26)15-9-6-12-24(15)16(25)10-11-20/h3-5,7-8,15H,2,6,9-13,20-21H2,1H3,(H,22,27)(H,23,26)/t15-,19?/m0/s1. The molecule has 0 aliphatic carbocycles. The summed E-state index contributed by atoms with van der Waals surface area (Å²) in [5.74, 6) is -1.01. The molecule has 1 unspecified atom stereocenters. The highest BCUT2D eigenvalue weighted by molar-refractivity contribution is 5.94. The van der Waals surface area contributed by atoms with Gasteiger partial charge >= 0.3 is 0 Å². The monoisotopic (exact) mass is 375 g/mol. The Hall–Kier alpha value is -2.45. The van der Waals surface area contributed by atoms with E-state index in [1.807, 2.05) is 30.3 Å². The van der Waals surface area contributed by atoms with Crippen LogP contribution in [0.2, 0.25) is 0 Å². The minimum absolute atomic E-state index is 0.150.